The summed E-state index contributed by atoms with van der Waals surface area (Å²) in [5.74, 6) is 1.01. The number of carbonyl (C=O) groups excluding carboxylic acids is 1. The van der Waals surface area contributed by atoms with Crippen LogP contribution in [0.25, 0.3) is 0 Å². The number of thioether (sulfide) groups is 1. The summed E-state index contributed by atoms with van der Waals surface area (Å²) >= 11 is 1.54. The lowest BCUT2D eigenvalue weighted by Gasteiger charge is -2.32. The third kappa shape index (κ3) is 3.33. The van der Waals surface area contributed by atoms with Crippen LogP contribution >= 0.6 is 11.8 Å². The Kier molecular flexibility index (Phi) is 4.90. The zero-order valence-electron chi connectivity index (χ0n) is 16.6. The molecule has 0 bridgehead atoms. The maximum Gasteiger partial charge on any atom is 0.227 e. The van der Waals surface area contributed by atoms with E-state index in [-0.39, 0.29) is 11.6 Å². The van der Waals surface area contributed by atoms with E-state index in [0.29, 0.717) is 28.7 Å². The van der Waals surface area contributed by atoms with Crippen molar-refractivity contribution >= 4 is 23.5 Å². The van der Waals surface area contributed by atoms with E-state index in [1.807, 2.05) is 12.1 Å². The fraction of sp³-hybridized carbons (Fsp3) is 0.261. The number of ketones is 1. The highest BCUT2D eigenvalue weighted by molar-refractivity contribution is 7.98. The van der Waals surface area contributed by atoms with Crippen LogP contribution in [0.2, 0.25) is 0 Å². The lowest BCUT2D eigenvalue weighted by molar-refractivity contribution is -0.116. The molecule has 1 aliphatic carbocycles. The van der Waals surface area contributed by atoms with Crippen LogP contribution in [-0.4, -0.2) is 20.5 Å². The predicted octanol–water partition coefficient (Wildman–Crippen LogP) is 5.04. The van der Waals surface area contributed by atoms with Gasteiger partial charge < -0.3 is 5.32 Å². The quantitative estimate of drug-likeness (QED) is 0.599. The third-order valence-corrected chi connectivity index (χ3v) is 6.55. The largest absolute Gasteiger partial charge is 0.328 e. The summed E-state index contributed by atoms with van der Waals surface area (Å²) in [6.45, 7) is 2.08. The summed E-state index contributed by atoms with van der Waals surface area (Å²) in [4.78, 5) is 17.5. The minimum atomic E-state index is -0.592. The number of aryl methyl sites for hydroxylation is 1. The minimum Gasteiger partial charge on any atom is -0.328 e. The number of rotatable bonds is 4. The van der Waals surface area contributed by atoms with Gasteiger partial charge in [0.15, 0.2) is 5.78 Å². The van der Waals surface area contributed by atoms with Gasteiger partial charge in [-0.05, 0) is 37.0 Å². The lowest BCUT2D eigenvalue weighted by Crippen LogP contribution is -2.32. The van der Waals surface area contributed by atoms with Crippen molar-refractivity contribution in [3.63, 3.8) is 0 Å². The van der Waals surface area contributed by atoms with E-state index < -0.39 is 6.04 Å². The number of nitrogens with one attached hydrogen (secondary N) is 1. The molecular formula is C23H21FN4OS. The highest BCUT2D eigenvalue weighted by atomic mass is 32.2. The molecule has 0 saturated heterocycles. The standard InChI is InChI=1S/C23H21FN4OS/c1-14-7-2-3-8-15(14)13-30-23-26-22-25-18-11-6-12-19(29)20(18)21(28(22)27-23)16-9-4-5-10-17(16)24/h2-5,7-10,21H,6,11-13H2,1H3,(H,25,26,27). The van der Waals surface area contributed by atoms with E-state index in [0.717, 1.165) is 24.3 Å². The predicted molar refractivity (Wildman–Crippen MR) is 115 cm³/mol. The Morgan fingerprint density at radius 2 is 1.97 bits per heavy atom. The van der Waals surface area contributed by atoms with Crippen molar-refractivity contribution in [1.82, 2.24) is 14.8 Å². The van der Waals surface area contributed by atoms with Crippen LogP contribution < -0.4 is 5.32 Å². The van der Waals surface area contributed by atoms with Crippen LogP contribution in [-0.2, 0) is 10.5 Å². The lowest BCUT2D eigenvalue weighted by atomic mass is 9.85. The first-order chi connectivity index (χ1) is 14.6. The van der Waals surface area contributed by atoms with Gasteiger partial charge >= 0.3 is 0 Å². The van der Waals surface area contributed by atoms with Gasteiger partial charge in [-0.15, -0.1) is 5.10 Å². The summed E-state index contributed by atoms with van der Waals surface area (Å²) < 4.78 is 16.4. The third-order valence-electron chi connectivity index (χ3n) is 5.67. The van der Waals surface area contributed by atoms with E-state index in [1.165, 1.54) is 29.0 Å². The van der Waals surface area contributed by atoms with E-state index >= 15 is 0 Å². The molecule has 3 aromatic rings. The van der Waals surface area contributed by atoms with Crippen molar-refractivity contribution in [2.45, 2.75) is 43.1 Å². The minimum absolute atomic E-state index is 0.0484. The molecular weight excluding hydrogens is 399 g/mol. The van der Waals surface area contributed by atoms with Crippen LogP contribution in [0, 0.1) is 12.7 Å². The number of allylic oxidation sites excluding steroid dienone is 2. The molecule has 1 atom stereocenters. The summed E-state index contributed by atoms with van der Waals surface area (Å²) in [5.41, 5.74) is 4.35. The molecule has 0 radical (unpaired) electrons. The van der Waals surface area contributed by atoms with Gasteiger partial charge in [-0.25, -0.2) is 9.07 Å². The molecule has 152 valence electrons. The summed E-state index contributed by atoms with van der Waals surface area (Å²) in [6.07, 6.45) is 2.02. The number of anilines is 1. The molecule has 0 fully saturated rings. The Labute approximate surface area is 178 Å². The van der Waals surface area contributed by atoms with Crippen LogP contribution in [0.3, 0.4) is 0 Å². The molecule has 2 aliphatic rings. The molecule has 2 aromatic carbocycles. The maximum absolute atomic E-state index is 14.8. The van der Waals surface area contributed by atoms with Crippen molar-refractivity contribution < 1.29 is 9.18 Å². The molecule has 30 heavy (non-hydrogen) atoms. The van der Waals surface area contributed by atoms with E-state index in [2.05, 4.69) is 34.5 Å². The number of hydrogen-bond donors (Lipinski definition) is 1. The van der Waals surface area contributed by atoms with Crippen molar-refractivity contribution in [3.8, 4) is 0 Å². The van der Waals surface area contributed by atoms with E-state index in [4.69, 9.17) is 0 Å². The summed E-state index contributed by atoms with van der Waals surface area (Å²) in [5, 5.41) is 8.57. The Morgan fingerprint density at radius 1 is 1.17 bits per heavy atom. The van der Waals surface area contributed by atoms with Gasteiger partial charge in [0.05, 0.1) is 0 Å². The van der Waals surface area contributed by atoms with Gasteiger partial charge in [0, 0.05) is 29.0 Å². The molecule has 1 aliphatic heterocycles. The highest BCUT2D eigenvalue weighted by Gasteiger charge is 2.37. The fourth-order valence-electron chi connectivity index (χ4n) is 4.10. The Hall–Kier alpha value is -2.93. The van der Waals surface area contributed by atoms with Gasteiger partial charge in [-0.3, -0.25) is 4.79 Å². The highest BCUT2D eigenvalue weighted by Crippen LogP contribution is 2.41. The molecule has 5 nitrogen and oxygen atoms in total. The smallest absolute Gasteiger partial charge is 0.227 e. The SMILES string of the molecule is Cc1ccccc1CSc1nc2n(n1)C(c1ccccc1F)C1=C(CCCC1=O)N2. The van der Waals surface area contributed by atoms with Crippen LogP contribution in [0.5, 0.6) is 0 Å². The Bertz CT molecular complexity index is 1170. The maximum atomic E-state index is 14.8. The number of aromatic nitrogens is 3. The van der Waals surface area contributed by atoms with Crippen LogP contribution in [0.4, 0.5) is 10.3 Å². The molecule has 0 spiro atoms. The zero-order chi connectivity index (χ0) is 20.7. The average Bonchev–Trinajstić information content (AvgIpc) is 3.15. The van der Waals surface area contributed by atoms with Gasteiger partial charge in [0.2, 0.25) is 11.1 Å². The second-order valence-electron chi connectivity index (χ2n) is 7.60. The van der Waals surface area contributed by atoms with E-state index in [9.17, 15) is 9.18 Å². The normalized spacial score (nSPS) is 18.1. The molecule has 7 heteroatoms. The first-order valence-corrected chi connectivity index (χ1v) is 11.0. The van der Waals surface area contributed by atoms with Crippen LogP contribution in [0.1, 0.15) is 42.0 Å². The van der Waals surface area contributed by atoms with Crippen LogP contribution in [0.15, 0.2) is 65.0 Å². The molecule has 1 aromatic heterocycles. The number of Topliss-reactive ketones (excluding diaryl/α,β-unsaturated/α-hetero) is 1. The van der Waals surface area contributed by atoms with Crippen molar-refractivity contribution in [2.75, 3.05) is 5.32 Å². The Morgan fingerprint density at radius 3 is 2.80 bits per heavy atom. The average molecular weight is 421 g/mol. The molecule has 5 rings (SSSR count). The van der Waals surface area contributed by atoms with E-state index in [1.54, 1.807) is 22.9 Å². The van der Waals surface area contributed by atoms with Gasteiger partial charge in [-0.2, -0.15) is 4.98 Å². The number of hydrogen-bond acceptors (Lipinski definition) is 5. The molecule has 0 amide bonds. The fourth-order valence-corrected chi connectivity index (χ4v) is 5.00. The summed E-state index contributed by atoms with van der Waals surface area (Å²) in [6, 6.07) is 14.2. The number of fused-ring (bicyclic) bond motifs is 1. The first kappa shape index (κ1) is 19.1. The molecule has 0 saturated carbocycles. The van der Waals surface area contributed by atoms with Gasteiger partial charge in [0.25, 0.3) is 0 Å². The van der Waals surface area contributed by atoms with Gasteiger partial charge in [-0.1, -0.05) is 54.2 Å². The van der Waals surface area contributed by atoms with Crippen molar-refractivity contribution in [1.29, 1.82) is 0 Å². The topological polar surface area (TPSA) is 59.8 Å². The second kappa shape index (κ2) is 7.72. The van der Waals surface area contributed by atoms with Crippen molar-refractivity contribution in [2.24, 2.45) is 0 Å². The Balaban J connectivity index is 1.53. The second-order valence-corrected chi connectivity index (χ2v) is 8.54. The summed E-state index contributed by atoms with van der Waals surface area (Å²) in [7, 11) is 0. The molecule has 2 heterocycles. The number of nitrogens with zero attached hydrogens (tertiary/aromatic N) is 3. The number of halogens is 1. The van der Waals surface area contributed by atoms with Crippen molar-refractivity contribution in [3.05, 3.63) is 82.3 Å². The number of benzene rings is 2. The zero-order valence-corrected chi connectivity index (χ0v) is 17.4. The van der Waals surface area contributed by atoms with Gasteiger partial charge in [0.1, 0.15) is 11.9 Å². The molecule has 1 unspecified atom stereocenters. The monoisotopic (exact) mass is 420 g/mol. The molecule has 1 N–H and O–H groups in total. The number of carbonyl (C=O) groups is 1. The first-order valence-electron chi connectivity index (χ1n) is 10.0.